The summed E-state index contributed by atoms with van der Waals surface area (Å²) in [6.45, 7) is 5.32. The van der Waals surface area contributed by atoms with E-state index in [1.165, 1.54) is 11.3 Å². The third-order valence-electron chi connectivity index (χ3n) is 6.31. The highest BCUT2D eigenvalue weighted by Crippen LogP contribution is 2.30. The molecular weight excluding hydrogens is 358 g/mol. The van der Waals surface area contributed by atoms with Gasteiger partial charge in [0.2, 0.25) is 0 Å². The Morgan fingerprint density at radius 2 is 1.96 bits per heavy atom. The predicted octanol–water partition coefficient (Wildman–Crippen LogP) is 1.07. The van der Waals surface area contributed by atoms with Gasteiger partial charge in [-0.15, -0.1) is 0 Å². The van der Waals surface area contributed by atoms with Crippen LogP contribution in [-0.4, -0.2) is 61.1 Å². The predicted molar refractivity (Wildman–Crippen MR) is 105 cm³/mol. The fraction of sp³-hybridized carbons (Fsp3) is 0.550. The molecule has 0 saturated carbocycles. The molecule has 0 aromatic heterocycles. The molecule has 0 aliphatic carbocycles. The minimum atomic E-state index is -0.872. The smallest absolute Gasteiger partial charge is 0.322 e. The molecular formula is C20H27N5O3. The molecule has 2 fully saturated rings. The van der Waals surface area contributed by atoms with E-state index in [0.29, 0.717) is 32.5 Å². The van der Waals surface area contributed by atoms with Crippen LogP contribution in [0.1, 0.15) is 25.3 Å². The summed E-state index contributed by atoms with van der Waals surface area (Å²) in [6.07, 6.45) is 2.44. The summed E-state index contributed by atoms with van der Waals surface area (Å²) in [4.78, 5) is 40.1. The highest BCUT2D eigenvalue weighted by atomic mass is 16.2. The second-order valence-electron chi connectivity index (χ2n) is 7.97. The van der Waals surface area contributed by atoms with Gasteiger partial charge in [0.05, 0.1) is 0 Å². The van der Waals surface area contributed by atoms with Crippen LogP contribution >= 0.6 is 0 Å². The van der Waals surface area contributed by atoms with Gasteiger partial charge in [-0.3, -0.25) is 10.1 Å². The number of rotatable bonds is 4. The molecule has 0 bridgehead atoms. The van der Waals surface area contributed by atoms with Crippen molar-refractivity contribution >= 4 is 23.7 Å². The number of para-hydroxylation sites is 1. The van der Waals surface area contributed by atoms with E-state index in [0.717, 1.165) is 19.5 Å². The van der Waals surface area contributed by atoms with E-state index >= 15 is 0 Å². The summed E-state index contributed by atoms with van der Waals surface area (Å²) < 4.78 is 0. The highest BCUT2D eigenvalue weighted by molar-refractivity contribution is 6.07. The van der Waals surface area contributed by atoms with Crippen molar-refractivity contribution in [3.8, 4) is 0 Å². The number of carbonyl (C=O) groups is 3. The lowest BCUT2D eigenvalue weighted by Gasteiger charge is -2.38. The average molecular weight is 385 g/mol. The Kier molecular flexibility index (Phi) is 4.87. The molecule has 3 heterocycles. The van der Waals surface area contributed by atoms with Crippen LogP contribution in [0, 0.1) is 5.92 Å². The average Bonchev–Trinajstić information content (AvgIpc) is 3.22. The Morgan fingerprint density at radius 3 is 2.68 bits per heavy atom. The number of anilines is 1. The highest BCUT2D eigenvalue weighted by Gasteiger charge is 2.48. The Balaban J connectivity index is 1.23. The molecule has 0 radical (unpaired) electrons. The van der Waals surface area contributed by atoms with Gasteiger partial charge in [-0.1, -0.05) is 18.2 Å². The first-order chi connectivity index (χ1) is 13.5. The van der Waals surface area contributed by atoms with Gasteiger partial charge in [-0.05, 0) is 43.7 Å². The first-order valence-electron chi connectivity index (χ1n) is 9.96. The van der Waals surface area contributed by atoms with Crippen molar-refractivity contribution in [2.45, 2.75) is 31.7 Å². The normalized spacial score (nSPS) is 24.8. The van der Waals surface area contributed by atoms with Gasteiger partial charge >= 0.3 is 12.1 Å². The number of imide groups is 1. The number of piperidine rings is 1. The van der Waals surface area contributed by atoms with E-state index in [2.05, 4.69) is 39.0 Å². The summed E-state index contributed by atoms with van der Waals surface area (Å²) in [5.41, 5.74) is 1.76. The minimum Gasteiger partial charge on any atom is -0.369 e. The number of benzene rings is 1. The third-order valence-corrected chi connectivity index (χ3v) is 6.31. The Bertz CT molecular complexity index is 790. The number of likely N-dealkylation sites (tertiary alicyclic amines) is 1. The molecule has 150 valence electrons. The number of hydrogen-bond acceptors (Lipinski definition) is 4. The van der Waals surface area contributed by atoms with E-state index in [-0.39, 0.29) is 17.9 Å². The number of carbonyl (C=O) groups excluding carboxylic acids is 3. The molecule has 3 N–H and O–H groups in total. The maximum atomic E-state index is 12.5. The van der Waals surface area contributed by atoms with Crippen molar-refractivity contribution in [1.82, 2.24) is 20.9 Å². The van der Waals surface area contributed by atoms with Crippen LogP contribution in [0.3, 0.4) is 0 Å². The first-order valence-corrected chi connectivity index (χ1v) is 9.96. The number of nitrogens with zero attached hydrogens (tertiary/aromatic N) is 2. The van der Waals surface area contributed by atoms with Crippen LogP contribution in [-0.2, 0) is 11.2 Å². The molecule has 28 heavy (non-hydrogen) atoms. The van der Waals surface area contributed by atoms with Crippen LogP contribution in [0.2, 0.25) is 0 Å². The maximum Gasteiger partial charge on any atom is 0.322 e. The standard InChI is InChI=1S/C20H27N5O3/c1-20(17(26)22-18(27)23-20)15-7-11-25(12-8-15)19(28)21-9-13-24-10-6-14-4-2-3-5-16(14)24/h2-5,15H,6-13H2,1H3,(H,21,28)(H2,22,23,26,27). The third kappa shape index (κ3) is 3.39. The van der Waals surface area contributed by atoms with Crippen molar-refractivity contribution in [3.05, 3.63) is 29.8 Å². The summed E-state index contributed by atoms with van der Waals surface area (Å²) in [5.74, 6) is -0.240. The molecule has 3 aliphatic heterocycles. The van der Waals surface area contributed by atoms with Gasteiger partial charge in [0.25, 0.3) is 5.91 Å². The summed E-state index contributed by atoms with van der Waals surface area (Å²) in [5, 5.41) is 8.07. The Morgan fingerprint density at radius 1 is 1.21 bits per heavy atom. The van der Waals surface area contributed by atoms with E-state index in [1.807, 2.05) is 6.07 Å². The number of nitrogens with one attached hydrogen (secondary N) is 3. The Labute approximate surface area is 164 Å². The van der Waals surface area contributed by atoms with Gasteiger partial charge in [-0.2, -0.15) is 0 Å². The number of amides is 5. The molecule has 1 aromatic carbocycles. The van der Waals surface area contributed by atoms with Crippen molar-refractivity contribution in [2.24, 2.45) is 5.92 Å². The second kappa shape index (κ2) is 7.33. The topological polar surface area (TPSA) is 93.8 Å². The maximum absolute atomic E-state index is 12.5. The van der Waals surface area contributed by atoms with E-state index in [1.54, 1.807) is 11.8 Å². The molecule has 8 nitrogen and oxygen atoms in total. The lowest BCUT2D eigenvalue weighted by molar-refractivity contribution is -0.125. The monoisotopic (exact) mass is 385 g/mol. The molecule has 4 rings (SSSR count). The summed E-state index contributed by atoms with van der Waals surface area (Å²) >= 11 is 0. The summed E-state index contributed by atoms with van der Waals surface area (Å²) in [6, 6.07) is 7.91. The number of hydrogen-bond donors (Lipinski definition) is 3. The quantitative estimate of drug-likeness (QED) is 0.676. The van der Waals surface area contributed by atoms with Gasteiger partial charge < -0.3 is 20.4 Å². The molecule has 2 saturated heterocycles. The molecule has 1 aromatic rings. The van der Waals surface area contributed by atoms with Crippen LogP contribution in [0.5, 0.6) is 0 Å². The molecule has 3 aliphatic rings. The number of urea groups is 2. The fourth-order valence-corrected chi connectivity index (χ4v) is 4.55. The van der Waals surface area contributed by atoms with Crippen LogP contribution in [0.4, 0.5) is 15.3 Å². The lowest BCUT2D eigenvalue weighted by atomic mass is 9.79. The zero-order valence-corrected chi connectivity index (χ0v) is 16.2. The Hall–Kier alpha value is -2.77. The number of fused-ring (bicyclic) bond motifs is 1. The van der Waals surface area contributed by atoms with Crippen LogP contribution in [0.15, 0.2) is 24.3 Å². The van der Waals surface area contributed by atoms with E-state index in [4.69, 9.17) is 0 Å². The van der Waals surface area contributed by atoms with Crippen molar-refractivity contribution in [1.29, 1.82) is 0 Å². The fourth-order valence-electron chi connectivity index (χ4n) is 4.55. The largest absolute Gasteiger partial charge is 0.369 e. The van der Waals surface area contributed by atoms with Crippen LogP contribution < -0.4 is 20.9 Å². The molecule has 1 unspecified atom stereocenters. The van der Waals surface area contributed by atoms with Crippen molar-refractivity contribution in [3.63, 3.8) is 0 Å². The van der Waals surface area contributed by atoms with E-state index < -0.39 is 11.6 Å². The zero-order chi connectivity index (χ0) is 19.7. The minimum absolute atomic E-state index is 0.0316. The second-order valence-corrected chi connectivity index (χ2v) is 7.97. The lowest BCUT2D eigenvalue weighted by Crippen LogP contribution is -2.55. The van der Waals surface area contributed by atoms with Gasteiger partial charge in [0.1, 0.15) is 5.54 Å². The van der Waals surface area contributed by atoms with Crippen molar-refractivity contribution < 1.29 is 14.4 Å². The summed E-state index contributed by atoms with van der Waals surface area (Å²) in [7, 11) is 0. The zero-order valence-electron chi connectivity index (χ0n) is 16.2. The molecule has 1 atom stereocenters. The van der Waals surface area contributed by atoms with Gasteiger partial charge in [0.15, 0.2) is 0 Å². The molecule has 0 spiro atoms. The van der Waals surface area contributed by atoms with Crippen molar-refractivity contribution in [2.75, 3.05) is 37.6 Å². The van der Waals surface area contributed by atoms with E-state index in [9.17, 15) is 14.4 Å². The van der Waals surface area contributed by atoms with Gasteiger partial charge in [-0.25, -0.2) is 9.59 Å². The SMILES string of the molecule is CC1(C2CCN(C(=O)NCCN3CCc4ccccc43)CC2)NC(=O)NC1=O. The van der Waals surface area contributed by atoms with Gasteiger partial charge in [0, 0.05) is 38.4 Å². The molecule has 5 amide bonds. The molecule has 8 heteroatoms. The first kappa shape index (κ1) is 18.6. The van der Waals surface area contributed by atoms with Crippen LogP contribution in [0.25, 0.3) is 0 Å².